The van der Waals surface area contributed by atoms with Crippen LogP contribution in [0.1, 0.15) is 23.2 Å². The van der Waals surface area contributed by atoms with Crippen LogP contribution in [-0.2, 0) is 4.79 Å². The first-order valence-electron chi connectivity index (χ1n) is 6.62. The Morgan fingerprint density at radius 2 is 2.19 bits per heavy atom. The first-order valence-corrected chi connectivity index (χ1v) is 7.50. The van der Waals surface area contributed by atoms with E-state index >= 15 is 0 Å². The van der Waals surface area contributed by atoms with Crippen LogP contribution >= 0.6 is 11.3 Å². The fourth-order valence-corrected chi connectivity index (χ4v) is 2.80. The number of carbonyl (C=O) groups excluding carboxylic acids is 2. The highest BCUT2D eigenvalue weighted by molar-refractivity contribution is 7.13. The Bertz CT molecular complexity index is 603. The molecule has 21 heavy (non-hydrogen) atoms. The van der Waals surface area contributed by atoms with Crippen LogP contribution in [0.2, 0.25) is 0 Å². The van der Waals surface area contributed by atoms with Crippen LogP contribution < -0.4 is 5.32 Å². The van der Waals surface area contributed by atoms with Crippen molar-refractivity contribution in [1.82, 2.24) is 15.1 Å². The molecule has 0 radical (unpaired) electrons. The minimum Gasteiger partial charge on any atom is -0.472 e. The number of furan rings is 1. The molecule has 2 aromatic heterocycles. The van der Waals surface area contributed by atoms with Crippen LogP contribution in [0.4, 0.5) is 5.13 Å². The van der Waals surface area contributed by atoms with Gasteiger partial charge in [-0.3, -0.25) is 9.59 Å². The summed E-state index contributed by atoms with van der Waals surface area (Å²) in [5.74, 6) is -0.198. The molecule has 0 aromatic carbocycles. The molecule has 0 atom stereocenters. The van der Waals surface area contributed by atoms with Gasteiger partial charge < -0.3 is 14.6 Å². The molecular weight excluding hydrogens is 292 g/mol. The van der Waals surface area contributed by atoms with Gasteiger partial charge in [-0.2, -0.15) is 0 Å². The molecule has 0 unspecified atom stereocenters. The van der Waals surface area contributed by atoms with Crippen molar-refractivity contribution in [2.75, 3.05) is 18.4 Å². The second-order valence-corrected chi connectivity index (χ2v) is 5.64. The highest BCUT2D eigenvalue weighted by atomic mass is 32.1. The molecule has 0 aliphatic carbocycles. The van der Waals surface area contributed by atoms with Gasteiger partial charge in [0.05, 0.1) is 11.8 Å². The third kappa shape index (κ3) is 3.10. The summed E-state index contributed by atoms with van der Waals surface area (Å²) in [7, 11) is 0. The number of nitrogens with zero attached hydrogens (tertiary/aromatic N) is 3. The number of rotatable bonds is 3. The van der Waals surface area contributed by atoms with Crippen LogP contribution in [0.25, 0.3) is 0 Å². The molecule has 0 saturated carbocycles. The predicted octanol–water partition coefficient (Wildman–Crippen LogP) is 1.62. The normalized spacial score (nSPS) is 15.9. The van der Waals surface area contributed by atoms with Crippen LogP contribution in [0.5, 0.6) is 0 Å². The number of amides is 2. The van der Waals surface area contributed by atoms with Crippen molar-refractivity contribution in [3.05, 3.63) is 29.7 Å². The van der Waals surface area contributed by atoms with E-state index in [1.165, 1.54) is 23.9 Å². The fourth-order valence-electron chi connectivity index (χ4n) is 2.35. The molecule has 1 fully saturated rings. The van der Waals surface area contributed by atoms with Crippen molar-refractivity contribution in [3.63, 3.8) is 0 Å². The standard InChI is InChI=1S/C13H14N4O3S/c18-11(15-13-16-14-8-21-13)9-1-4-17(5-2-9)12(19)10-3-6-20-7-10/h3,6-9H,1-2,4-5H2,(H,15,16,18). The van der Waals surface area contributed by atoms with Gasteiger partial charge in [0.2, 0.25) is 11.0 Å². The first-order chi connectivity index (χ1) is 10.2. The lowest BCUT2D eigenvalue weighted by atomic mass is 9.95. The quantitative estimate of drug-likeness (QED) is 0.931. The number of hydrogen-bond donors (Lipinski definition) is 1. The van der Waals surface area contributed by atoms with Gasteiger partial charge >= 0.3 is 0 Å². The maximum Gasteiger partial charge on any atom is 0.257 e. The number of aromatic nitrogens is 2. The van der Waals surface area contributed by atoms with E-state index in [-0.39, 0.29) is 17.7 Å². The van der Waals surface area contributed by atoms with Crippen molar-refractivity contribution in [1.29, 1.82) is 0 Å². The molecule has 2 amide bonds. The Hall–Kier alpha value is -2.22. The molecule has 7 nitrogen and oxygen atoms in total. The molecule has 1 N–H and O–H groups in total. The lowest BCUT2D eigenvalue weighted by molar-refractivity contribution is -0.121. The molecule has 1 aliphatic rings. The molecule has 1 saturated heterocycles. The van der Waals surface area contributed by atoms with E-state index in [9.17, 15) is 9.59 Å². The second kappa shape index (κ2) is 6.04. The smallest absolute Gasteiger partial charge is 0.257 e. The molecule has 110 valence electrons. The van der Waals surface area contributed by atoms with E-state index in [2.05, 4.69) is 15.5 Å². The molecule has 1 aliphatic heterocycles. The van der Waals surface area contributed by atoms with Crippen LogP contribution in [0, 0.1) is 5.92 Å². The zero-order valence-electron chi connectivity index (χ0n) is 11.2. The average Bonchev–Trinajstić information content (AvgIpc) is 3.20. The minimum atomic E-state index is -0.0951. The lowest BCUT2D eigenvalue weighted by Crippen LogP contribution is -2.41. The van der Waals surface area contributed by atoms with Crippen molar-refractivity contribution >= 4 is 28.3 Å². The third-order valence-electron chi connectivity index (χ3n) is 3.51. The third-order valence-corrected chi connectivity index (χ3v) is 4.12. The topological polar surface area (TPSA) is 88.3 Å². The summed E-state index contributed by atoms with van der Waals surface area (Å²) in [4.78, 5) is 26.0. The number of carbonyl (C=O) groups is 2. The van der Waals surface area contributed by atoms with E-state index in [4.69, 9.17) is 4.42 Å². The zero-order valence-corrected chi connectivity index (χ0v) is 12.0. The average molecular weight is 306 g/mol. The monoisotopic (exact) mass is 306 g/mol. The SMILES string of the molecule is O=C(Nc1nncs1)C1CCN(C(=O)c2ccoc2)CC1. The van der Waals surface area contributed by atoms with E-state index in [1.54, 1.807) is 16.5 Å². The van der Waals surface area contributed by atoms with E-state index in [0.717, 1.165) is 0 Å². The van der Waals surface area contributed by atoms with E-state index < -0.39 is 0 Å². The van der Waals surface area contributed by atoms with Crippen LogP contribution in [0.3, 0.4) is 0 Å². The Morgan fingerprint density at radius 1 is 1.38 bits per heavy atom. The summed E-state index contributed by atoms with van der Waals surface area (Å²) in [5, 5.41) is 10.7. The minimum absolute atomic E-state index is 0.0493. The molecule has 3 rings (SSSR count). The largest absolute Gasteiger partial charge is 0.472 e. The van der Waals surface area contributed by atoms with Crippen LogP contribution in [0.15, 0.2) is 28.5 Å². The van der Waals surface area contributed by atoms with Gasteiger partial charge in [-0.25, -0.2) is 0 Å². The Kier molecular flexibility index (Phi) is 3.96. The highest BCUT2D eigenvalue weighted by Gasteiger charge is 2.28. The summed E-state index contributed by atoms with van der Waals surface area (Å²) >= 11 is 1.29. The first kappa shape index (κ1) is 13.7. The maximum atomic E-state index is 12.1. The summed E-state index contributed by atoms with van der Waals surface area (Å²) in [5.41, 5.74) is 2.12. The number of hydrogen-bond acceptors (Lipinski definition) is 6. The number of anilines is 1. The number of likely N-dealkylation sites (tertiary alicyclic amines) is 1. The van der Waals surface area contributed by atoms with Gasteiger partial charge in [-0.15, -0.1) is 10.2 Å². The van der Waals surface area contributed by atoms with Gasteiger partial charge in [-0.05, 0) is 18.9 Å². The van der Waals surface area contributed by atoms with Crippen LogP contribution in [-0.4, -0.2) is 40.0 Å². The summed E-state index contributed by atoms with van der Waals surface area (Å²) in [6, 6.07) is 1.65. The van der Waals surface area contributed by atoms with Crippen molar-refractivity contribution in [2.24, 2.45) is 5.92 Å². The number of piperidine rings is 1. The number of nitrogens with one attached hydrogen (secondary N) is 1. The zero-order chi connectivity index (χ0) is 14.7. The summed E-state index contributed by atoms with van der Waals surface area (Å²) < 4.78 is 4.92. The van der Waals surface area contributed by atoms with Gasteiger partial charge in [0.1, 0.15) is 11.8 Å². The highest BCUT2D eigenvalue weighted by Crippen LogP contribution is 2.21. The predicted molar refractivity (Wildman–Crippen MR) is 75.9 cm³/mol. The lowest BCUT2D eigenvalue weighted by Gasteiger charge is -2.30. The molecule has 0 bridgehead atoms. The van der Waals surface area contributed by atoms with Gasteiger partial charge in [0.25, 0.3) is 5.91 Å². The molecule has 0 spiro atoms. The van der Waals surface area contributed by atoms with Crippen molar-refractivity contribution in [2.45, 2.75) is 12.8 Å². The van der Waals surface area contributed by atoms with Gasteiger partial charge in [0, 0.05) is 19.0 Å². The molecule has 8 heteroatoms. The summed E-state index contributed by atoms with van der Waals surface area (Å²) in [6.45, 7) is 1.14. The molecular formula is C13H14N4O3S. The summed E-state index contributed by atoms with van der Waals surface area (Å²) in [6.07, 6.45) is 4.22. The van der Waals surface area contributed by atoms with Gasteiger partial charge in [-0.1, -0.05) is 11.3 Å². The Morgan fingerprint density at radius 3 is 2.81 bits per heavy atom. The molecule has 3 heterocycles. The van der Waals surface area contributed by atoms with Gasteiger partial charge in [0.15, 0.2) is 0 Å². The Labute approximate surface area is 125 Å². The van der Waals surface area contributed by atoms with Crippen molar-refractivity contribution in [3.8, 4) is 0 Å². The fraction of sp³-hybridized carbons (Fsp3) is 0.385. The van der Waals surface area contributed by atoms with Crippen molar-refractivity contribution < 1.29 is 14.0 Å². The maximum absolute atomic E-state index is 12.1. The second-order valence-electron chi connectivity index (χ2n) is 4.81. The van der Waals surface area contributed by atoms with E-state index in [0.29, 0.717) is 36.6 Å². The van der Waals surface area contributed by atoms with E-state index in [1.807, 2.05) is 0 Å². The molecule has 2 aromatic rings. The Balaban J connectivity index is 1.53.